The van der Waals surface area contributed by atoms with Gasteiger partial charge in [-0.1, -0.05) is 53.7 Å². The number of nitro benzene ring substituents is 1. The number of carbonyl (C=O) groups excluding carboxylic acids is 1. The van der Waals surface area contributed by atoms with Crippen molar-refractivity contribution in [3.05, 3.63) is 55.8 Å². The van der Waals surface area contributed by atoms with Crippen LogP contribution in [0.1, 0.15) is 62.3 Å². The summed E-state index contributed by atoms with van der Waals surface area (Å²) in [6, 6.07) is 6.79. The molecule has 0 N–H and O–H groups in total. The molecule has 5 nitrogen and oxygen atoms in total. The molecule has 0 fully saturated rings. The molecular formula is C19H23NO4S. The molecule has 0 amide bonds. The molecule has 0 aliphatic heterocycles. The van der Waals surface area contributed by atoms with Crippen LogP contribution in [0.2, 0.25) is 0 Å². The molecule has 2 rings (SSSR count). The second kappa shape index (κ2) is 6.59. The lowest BCUT2D eigenvalue weighted by molar-refractivity contribution is -0.385. The second-order valence-corrected chi connectivity index (χ2v) is 8.94. The lowest BCUT2D eigenvalue weighted by Crippen LogP contribution is -2.20. The third-order valence-corrected chi connectivity index (χ3v) is 4.71. The fraction of sp³-hybridized carbons (Fsp3) is 0.421. The number of carbonyl (C=O) groups is 1. The summed E-state index contributed by atoms with van der Waals surface area (Å²) in [6.45, 7) is 11.8. The van der Waals surface area contributed by atoms with Crippen LogP contribution in [0.25, 0.3) is 0 Å². The Labute approximate surface area is 151 Å². The molecule has 0 aliphatic carbocycles. The Morgan fingerprint density at radius 1 is 1.12 bits per heavy atom. The fourth-order valence-electron chi connectivity index (χ4n) is 2.38. The Kier molecular flexibility index (Phi) is 5.04. The lowest BCUT2D eigenvalue weighted by atomic mass is 9.79. The molecule has 6 heteroatoms. The molecule has 2 aromatic rings. The van der Waals surface area contributed by atoms with Crippen molar-refractivity contribution >= 4 is 23.0 Å². The zero-order valence-corrected chi connectivity index (χ0v) is 16.2. The van der Waals surface area contributed by atoms with Gasteiger partial charge in [-0.2, -0.15) is 0 Å². The highest BCUT2D eigenvalue weighted by molar-refractivity contribution is 7.12. The van der Waals surface area contributed by atoms with Gasteiger partial charge in [0.15, 0.2) is 0 Å². The largest absolute Gasteiger partial charge is 0.415 e. The van der Waals surface area contributed by atoms with Crippen LogP contribution in [0.5, 0.6) is 5.75 Å². The van der Waals surface area contributed by atoms with E-state index in [0.717, 1.165) is 5.56 Å². The maximum Gasteiger partial charge on any atom is 0.353 e. The highest BCUT2D eigenvalue weighted by Gasteiger charge is 2.32. The van der Waals surface area contributed by atoms with E-state index in [-0.39, 0.29) is 16.9 Å². The Hall–Kier alpha value is -2.21. The van der Waals surface area contributed by atoms with Crippen LogP contribution in [-0.2, 0) is 10.8 Å². The number of nitro groups is 1. The number of ether oxygens (including phenoxy) is 1. The van der Waals surface area contributed by atoms with Gasteiger partial charge in [-0.05, 0) is 27.8 Å². The zero-order valence-electron chi connectivity index (χ0n) is 15.4. The van der Waals surface area contributed by atoms with E-state index in [1.165, 1.54) is 17.4 Å². The van der Waals surface area contributed by atoms with E-state index in [4.69, 9.17) is 4.74 Å². The first-order chi connectivity index (χ1) is 11.4. The second-order valence-electron chi connectivity index (χ2n) is 8.00. The van der Waals surface area contributed by atoms with Crippen molar-refractivity contribution in [2.24, 2.45) is 0 Å². The average molecular weight is 361 g/mol. The monoisotopic (exact) mass is 361 g/mol. The molecule has 0 saturated heterocycles. The van der Waals surface area contributed by atoms with Gasteiger partial charge < -0.3 is 4.74 Å². The number of nitrogens with zero attached hydrogens (tertiary/aromatic N) is 1. The number of benzene rings is 1. The smallest absolute Gasteiger partial charge is 0.353 e. The summed E-state index contributed by atoms with van der Waals surface area (Å²) in [5.41, 5.74) is 0.622. The van der Waals surface area contributed by atoms with Crippen molar-refractivity contribution in [3.8, 4) is 5.75 Å². The predicted molar refractivity (Wildman–Crippen MR) is 99.8 cm³/mol. The summed E-state index contributed by atoms with van der Waals surface area (Å²) < 4.78 is 5.51. The minimum absolute atomic E-state index is 0.0314. The summed E-state index contributed by atoms with van der Waals surface area (Å²) in [5, 5.41) is 13.4. The highest BCUT2D eigenvalue weighted by atomic mass is 32.1. The van der Waals surface area contributed by atoms with Gasteiger partial charge in [0.2, 0.25) is 5.75 Å². The first-order valence-electron chi connectivity index (χ1n) is 8.00. The quantitative estimate of drug-likeness (QED) is 0.314. The van der Waals surface area contributed by atoms with E-state index in [1.807, 2.05) is 47.6 Å². The molecule has 1 aromatic heterocycles. The maximum absolute atomic E-state index is 12.4. The van der Waals surface area contributed by atoms with Crippen LogP contribution < -0.4 is 4.74 Å². The summed E-state index contributed by atoms with van der Waals surface area (Å²) in [7, 11) is 0. The summed E-state index contributed by atoms with van der Waals surface area (Å²) >= 11 is 1.24. The molecule has 25 heavy (non-hydrogen) atoms. The fourth-order valence-corrected chi connectivity index (χ4v) is 2.98. The van der Waals surface area contributed by atoms with Crippen molar-refractivity contribution in [2.75, 3.05) is 0 Å². The SMILES string of the molecule is CC(C)(C)c1cc([N+](=O)[O-])c(OC(=O)c2cccs2)c(C(C)(C)C)c1. The van der Waals surface area contributed by atoms with Crippen molar-refractivity contribution in [3.63, 3.8) is 0 Å². The van der Waals surface area contributed by atoms with Crippen LogP contribution in [0.15, 0.2) is 29.6 Å². The Balaban J connectivity index is 2.67. The van der Waals surface area contributed by atoms with Crippen LogP contribution in [0.4, 0.5) is 5.69 Å². The maximum atomic E-state index is 12.4. The van der Waals surface area contributed by atoms with Crippen LogP contribution in [-0.4, -0.2) is 10.9 Å². The molecule has 0 spiro atoms. The standard InChI is InChI=1S/C19H23NO4S/c1-18(2,3)12-10-13(19(4,5)6)16(14(11-12)20(22)23)24-17(21)15-8-7-9-25-15/h7-11H,1-6H3. The molecule has 1 aromatic carbocycles. The Bertz CT molecular complexity index is 796. The molecule has 0 unspecified atom stereocenters. The van der Waals surface area contributed by atoms with Gasteiger partial charge in [-0.3, -0.25) is 10.1 Å². The number of rotatable bonds is 3. The van der Waals surface area contributed by atoms with Gasteiger partial charge in [0, 0.05) is 11.6 Å². The predicted octanol–water partition coefficient (Wildman–Crippen LogP) is 5.47. The summed E-state index contributed by atoms with van der Waals surface area (Å²) in [4.78, 5) is 24.0. The van der Waals surface area contributed by atoms with Crippen molar-refractivity contribution in [1.29, 1.82) is 0 Å². The molecule has 0 saturated carbocycles. The van der Waals surface area contributed by atoms with E-state index in [9.17, 15) is 14.9 Å². The number of esters is 1. The lowest BCUT2D eigenvalue weighted by Gasteiger charge is -2.26. The van der Waals surface area contributed by atoms with Crippen LogP contribution in [0.3, 0.4) is 0 Å². The van der Waals surface area contributed by atoms with E-state index in [0.29, 0.717) is 10.4 Å². The van der Waals surface area contributed by atoms with E-state index in [2.05, 4.69) is 0 Å². The number of hydrogen-bond acceptors (Lipinski definition) is 5. The van der Waals surface area contributed by atoms with Gasteiger partial charge in [0.25, 0.3) is 0 Å². The molecule has 134 valence electrons. The van der Waals surface area contributed by atoms with Gasteiger partial charge in [0.1, 0.15) is 4.88 Å². The average Bonchev–Trinajstić information content (AvgIpc) is 2.98. The molecule has 0 aliphatic rings. The van der Waals surface area contributed by atoms with Gasteiger partial charge in [-0.25, -0.2) is 4.79 Å². The zero-order chi connectivity index (χ0) is 19.0. The van der Waals surface area contributed by atoms with Gasteiger partial charge in [-0.15, -0.1) is 11.3 Å². The van der Waals surface area contributed by atoms with Crippen molar-refractivity contribution in [2.45, 2.75) is 52.4 Å². The normalized spacial score (nSPS) is 12.1. The molecule has 0 atom stereocenters. The Morgan fingerprint density at radius 3 is 2.20 bits per heavy atom. The topological polar surface area (TPSA) is 69.4 Å². The van der Waals surface area contributed by atoms with E-state index >= 15 is 0 Å². The molecular weight excluding hydrogens is 338 g/mol. The third kappa shape index (κ3) is 4.25. The van der Waals surface area contributed by atoms with Crippen molar-refractivity contribution < 1.29 is 14.5 Å². The first kappa shape index (κ1) is 19.1. The minimum Gasteiger partial charge on any atom is -0.415 e. The summed E-state index contributed by atoms with van der Waals surface area (Å²) in [6.07, 6.45) is 0. The van der Waals surface area contributed by atoms with Gasteiger partial charge in [0.05, 0.1) is 4.92 Å². The summed E-state index contributed by atoms with van der Waals surface area (Å²) in [5.74, 6) is -0.545. The minimum atomic E-state index is -0.577. The highest BCUT2D eigenvalue weighted by Crippen LogP contribution is 2.42. The van der Waals surface area contributed by atoms with Crippen LogP contribution in [0, 0.1) is 10.1 Å². The Morgan fingerprint density at radius 2 is 1.76 bits per heavy atom. The number of hydrogen-bond donors (Lipinski definition) is 0. The van der Waals surface area contributed by atoms with Gasteiger partial charge >= 0.3 is 11.7 Å². The molecule has 0 radical (unpaired) electrons. The van der Waals surface area contributed by atoms with E-state index < -0.39 is 16.3 Å². The first-order valence-corrected chi connectivity index (χ1v) is 8.88. The van der Waals surface area contributed by atoms with Crippen LogP contribution >= 0.6 is 11.3 Å². The molecule has 1 heterocycles. The number of thiophene rings is 1. The van der Waals surface area contributed by atoms with Crippen molar-refractivity contribution in [1.82, 2.24) is 0 Å². The van der Waals surface area contributed by atoms with E-state index in [1.54, 1.807) is 17.5 Å². The third-order valence-electron chi connectivity index (χ3n) is 3.86. The molecule has 0 bridgehead atoms.